The second-order valence-corrected chi connectivity index (χ2v) is 4.65. The summed E-state index contributed by atoms with van der Waals surface area (Å²) in [7, 11) is 0. The van der Waals surface area contributed by atoms with Gasteiger partial charge < -0.3 is 10.3 Å². The van der Waals surface area contributed by atoms with Crippen LogP contribution in [0.1, 0.15) is 11.6 Å². The van der Waals surface area contributed by atoms with Gasteiger partial charge in [-0.3, -0.25) is 0 Å². The van der Waals surface area contributed by atoms with Crippen LogP contribution in [-0.2, 0) is 13.1 Å². The Morgan fingerprint density at radius 3 is 2.95 bits per heavy atom. The summed E-state index contributed by atoms with van der Waals surface area (Å²) in [5, 5.41) is 11.8. The van der Waals surface area contributed by atoms with Crippen molar-refractivity contribution in [2.75, 3.05) is 0 Å². The number of aromatic nitrogens is 5. The molecule has 0 aliphatic carbocycles. The predicted molar refractivity (Wildman–Crippen MR) is 71.7 cm³/mol. The van der Waals surface area contributed by atoms with Crippen LogP contribution in [0.15, 0.2) is 28.9 Å². The second-order valence-electron chi connectivity index (χ2n) is 4.25. The SMILES string of the molecule is NCc1cn(Cc2nc(-c3ccc(F)cc3Cl)no2)nn1. The first-order chi connectivity index (χ1) is 10.2. The summed E-state index contributed by atoms with van der Waals surface area (Å²) in [5.74, 6) is 0.192. The van der Waals surface area contributed by atoms with Gasteiger partial charge in [0, 0.05) is 12.1 Å². The Balaban J connectivity index is 1.82. The number of hydrogen-bond acceptors (Lipinski definition) is 6. The largest absolute Gasteiger partial charge is 0.337 e. The van der Waals surface area contributed by atoms with E-state index in [9.17, 15) is 4.39 Å². The van der Waals surface area contributed by atoms with E-state index < -0.39 is 5.82 Å². The first kappa shape index (κ1) is 13.7. The van der Waals surface area contributed by atoms with Crippen LogP contribution in [0.3, 0.4) is 0 Å². The van der Waals surface area contributed by atoms with Gasteiger partial charge in [0.25, 0.3) is 0 Å². The van der Waals surface area contributed by atoms with Crippen LogP contribution in [0.4, 0.5) is 4.39 Å². The van der Waals surface area contributed by atoms with E-state index in [1.165, 1.54) is 22.9 Å². The molecule has 0 spiro atoms. The maximum Gasteiger partial charge on any atom is 0.248 e. The van der Waals surface area contributed by atoms with Crippen LogP contribution < -0.4 is 5.73 Å². The Morgan fingerprint density at radius 2 is 2.24 bits per heavy atom. The highest BCUT2D eigenvalue weighted by Gasteiger charge is 2.13. The van der Waals surface area contributed by atoms with Crippen molar-refractivity contribution < 1.29 is 8.91 Å². The zero-order chi connectivity index (χ0) is 14.8. The third-order valence-corrected chi connectivity index (χ3v) is 3.05. The molecule has 0 unspecified atom stereocenters. The average Bonchev–Trinajstić information content (AvgIpc) is 3.08. The zero-order valence-corrected chi connectivity index (χ0v) is 11.5. The lowest BCUT2D eigenvalue weighted by Crippen LogP contribution is -2.01. The molecule has 7 nitrogen and oxygen atoms in total. The summed E-state index contributed by atoms with van der Waals surface area (Å²) >= 11 is 5.95. The van der Waals surface area contributed by atoms with Crippen LogP contribution in [0.5, 0.6) is 0 Å². The van der Waals surface area contributed by atoms with Crippen molar-refractivity contribution in [1.82, 2.24) is 25.1 Å². The fourth-order valence-electron chi connectivity index (χ4n) is 1.75. The Hall–Kier alpha value is -2.32. The van der Waals surface area contributed by atoms with Crippen molar-refractivity contribution in [3.05, 3.63) is 46.8 Å². The number of nitrogens with zero attached hydrogens (tertiary/aromatic N) is 5. The monoisotopic (exact) mass is 308 g/mol. The number of hydrogen-bond donors (Lipinski definition) is 1. The minimum absolute atomic E-state index is 0.216. The van der Waals surface area contributed by atoms with Gasteiger partial charge in [0.05, 0.1) is 16.9 Å². The summed E-state index contributed by atoms with van der Waals surface area (Å²) < 4.78 is 19.7. The minimum Gasteiger partial charge on any atom is -0.337 e. The third-order valence-electron chi connectivity index (χ3n) is 2.73. The van der Waals surface area contributed by atoms with E-state index in [-0.39, 0.29) is 17.4 Å². The molecular formula is C12H10ClFN6O. The normalized spacial score (nSPS) is 11.0. The molecule has 21 heavy (non-hydrogen) atoms. The molecule has 108 valence electrons. The standard InChI is InChI=1S/C12H10ClFN6O/c13-10-3-7(14)1-2-9(10)12-16-11(21-18-12)6-20-5-8(4-15)17-19-20/h1-3,5H,4,6,15H2. The molecule has 0 saturated heterocycles. The Kier molecular flexibility index (Phi) is 3.63. The third kappa shape index (κ3) is 2.91. The van der Waals surface area contributed by atoms with Gasteiger partial charge in [0.15, 0.2) is 0 Å². The zero-order valence-electron chi connectivity index (χ0n) is 10.7. The van der Waals surface area contributed by atoms with Crippen LogP contribution in [0, 0.1) is 5.82 Å². The number of halogens is 2. The van der Waals surface area contributed by atoms with Crippen LogP contribution >= 0.6 is 11.6 Å². The molecule has 0 radical (unpaired) electrons. The number of nitrogens with two attached hydrogens (primary N) is 1. The minimum atomic E-state index is -0.426. The summed E-state index contributed by atoms with van der Waals surface area (Å²) in [6.45, 7) is 0.569. The van der Waals surface area contributed by atoms with E-state index in [2.05, 4.69) is 20.5 Å². The lowest BCUT2D eigenvalue weighted by atomic mass is 10.2. The molecule has 3 rings (SSSR count). The molecule has 0 aliphatic heterocycles. The lowest BCUT2D eigenvalue weighted by molar-refractivity contribution is 0.364. The van der Waals surface area contributed by atoms with E-state index in [4.69, 9.17) is 21.9 Å². The molecule has 0 atom stereocenters. The van der Waals surface area contributed by atoms with E-state index in [0.717, 1.165) is 0 Å². The fraction of sp³-hybridized carbons (Fsp3) is 0.167. The van der Waals surface area contributed by atoms with Crippen molar-refractivity contribution in [2.45, 2.75) is 13.1 Å². The highest BCUT2D eigenvalue weighted by Crippen LogP contribution is 2.26. The smallest absolute Gasteiger partial charge is 0.248 e. The molecule has 2 heterocycles. The van der Waals surface area contributed by atoms with Crippen molar-refractivity contribution in [1.29, 1.82) is 0 Å². The maximum absolute atomic E-state index is 13.0. The van der Waals surface area contributed by atoms with Crippen molar-refractivity contribution in [3.8, 4) is 11.4 Å². The molecule has 0 amide bonds. The Morgan fingerprint density at radius 1 is 1.38 bits per heavy atom. The Labute approximate surface area is 123 Å². The fourth-order valence-corrected chi connectivity index (χ4v) is 2.00. The van der Waals surface area contributed by atoms with Gasteiger partial charge in [-0.05, 0) is 18.2 Å². The summed E-state index contributed by atoms with van der Waals surface area (Å²) in [6.07, 6.45) is 1.69. The molecular weight excluding hydrogens is 299 g/mol. The highest BCUT2D eigenvalue weighted by molar-refractivity contribution is 6.33. The van der Waals surface area contributed by atoms with Crippen LogP contribution in [0.25, 0.3) is 11.4 Å². The van der Waals surface area contributed by atoms with Gasteiger partial charge >= 0.3 is 0 Å². The van der Waals surface area contributed by atoms with Gasteiger partial charge in [-0.15, -0.1) is 5.10 Å². The summed E-state index contributed by atoms with van der Waals surface area (Å²) in [5.41, 5.74) is 6.61. The van der Waals surface area contributed by atoms with Crippen molar-refractivity contribution >= 4 is 11.6 Å². The van der Waals surface area contributed by atoms with Crippen LogP contribution in [0.2, 0.25) is 5.02 Å². The quantitative estimate of drug-likeness (QED) is 0.787. The highest BCUT2D eigenvalue weighted by atomic mass is 35.5. The second kappa shape index (κ2) is 5.58. The summed E-state index contributed by atoms with van der Waals surface area (Å²) in [6, 6.07) is 3.97. The molecule has 0 aliphatic rings. The molecule has 9 heteroatoms. The molecule has 2 N–H and O–H groups in total. The first-order valence-corrected chi connectivity index (χ1v) is 6.40. The topological polar surface area (TPSA) is 95.7 Å². The summed E-state index contributed by atoms with van der Waals surface area (Å²) in [4.78, 5) is 4.20. The molecule has 0 saturated carbocycles. The first-order valence-electron chi connectivity index (χ1n) is 6.03. The van der Waals surface area contributed by atoms with Gasteiger partial charge in [0.2, 0.25) is 11.7 Å². The number of benzene rings is 1. The lowest BCUT2D eigenvalue weighted by Gasteiger charge is -1.97. The van der Waals surface area contributed by atoms with E-state index in [1.54, 1.807) is 6.20 Å². The number of rotatable bonds is 4. The Bertz CT molecular complexity index is 771. The van der Waals surface area contributed by atoms with E-state index in [1.807, 2.05) is 0 Å². The van der Waals surface area contributed by atoms with E-state index >= 15 is 0 Å². The van der Waals surface area contributed by atoms with Crippen LogP contribution in [-0.4, -0.2) is 25.1 Å². The van der Waals surface area contributed by atoms with Crippen molar-refractivity contribution in [2.24, 2.45) is 5.73 Å². The molecule has 0 bridgehead atoms. The van der Waals surface area contributed by atoms with Gasteiger partial charge in [0.1, 0.15) is 12.4 Å². The molecule has 3 aromatic rings. The maximum atomic E-state index is 13.0. The van der Waals surface area contributed by atoms with Gasteiger partial charge in [-0.2, -0.15) is 4.98 Å². The van der Waals surface area contributed by atoms with Gasteiger partial charge in [-0.1, -0.05) is 22.0 Å². The molecule has 2 aromatic heterocycles. The predicted octanol–water partition coefficient (Wildman–Crippen LogP) is 1.63. The molecule has 0 fully saturated rings. The molecule has 1 aromatic carbocycles. The van der Waals surface area contributed by atoms with Gasteiger partial charge in [-0.25, -0.2) is 9.07 Å². The average molecular weight is 309 g/mol. The van der Waals surface area contributed by atoms with Crippen molar-refractivity contribution in [3.63, 3.8) is 0 Å². The van der Waals surface area contributed by atoms with E-state index in [0.29, 0.717) is 23.7 Å².